The first-order chi connectivity index (χ1) is 11.6. The molecule has 2 aromatic rings. The van der Waals surface area contributed by atoms with Crippen molar-refractivity contribution < 1.29 is 4.74 Å². The first kappa shape index (κ1) is 16.8. The summed E-state index contributed by atoms with van der Waals surface area (Å²) in [7, 11) is 2.02. The van der Waals surface area contributed by atoms with E-state index < -0.39 is 0 Å². The number of halogens is 1. The fraction of sp³-hybridized carbons (Fsp3) is 0.350. The van der Waals surface area contributed by atoms with Crippen LogP contribution in [0.5, 0.6) is 5.75 Å². The van der Waals surface area contributed by atoms with Crippen molar-refractivity contribution in [1.29, 1.82) is 0 Å². The predicted octanol–water partition coefficient (Wildman–Crippen LogP) is 5.17. The summed E-state index contributed by atoms with van der Waals surface area (Å²) in [6, 6.07) is 12.4. The Hall–Kier alpha value is -2.00. The van der Waals surface area contributed by atoms with Crippen molar-refractivity contribution in [3.05, 3.63) is 58.1 Å². The molecule has 0 saturated carbocycles. The summed E-state index contributed by atoms with van der Waals surface area (Å²) in [5.41, 5.74) is 4.59. The van der Waals surface area contributed by atoms with E-state index in [-0.39, 0.29) is 0 Å². The van der Waals surface area contributed by atoms with E-state index in [4.69, 9.17) is 16.3 Å². The van der Waals surface area contributed by atoms with Gasteiger partial charge < -0.3 is 9.64 Å². The van der Waals surface area contributed by atoms with Gasteiger partial charge in [0.05, 0.1) is 18.6 Å². The molecule has 0 saturated heterocycles. The van der Waals surface area contributed by atoms with Gasteiger partial charge in [0, 0.05) is 36.2 Å². The smallest absolute Gasteiger partial charge is 0.125 e. The van der Waals surface area contributed by atoms with Gasteiger partial charge in [-0.2, -0.15) is 0 Å². The summed E-state index contributed by atoms with van der Waals surface area (Å²) in [5.74, 6) is 1.26. The monoisotopic (exact) mass is 342 g/mol. The molecule has 0 N–H and O–H groups in total. The lowest BCUT2D eigenvalue weighted by atomic mass is 9.86. The Bertz CT molecular complexity index is 757. The van der Waals surface area contributed by atoms with Gasteiger partial charge in [-0.05, 0) is 49.6 Å². The number of aliphatic imine (C=N–C) groups is 1. The SMILES string of the molecule is CCN(C)C=Nc1cc2c(cc1C)C(c1cccc(Cl)c1)CCO2. The minimum absolute atomic E-state index is 0.322. The molecule has 0 spiro atoms. The Morgan fingerprint density at radius 2 is 2.17 bits per heavy atom. The van der Waals surface area contributed by atoms with Crippen LogP contribution in [0.15, 0.2) is 41.4 Å². The summed E-state index contributed by atoms with van der Waals surface area (Å²) in [6.07, 6.45) is 2.83. The first-order valence-electron chi connectivity index (χ1n) is 8.35. The van der Waals surface area contributed by atoms with Crippen LogP contribution in [0.4, 0.5) is 5.69 Å². The molecule has 1 aliphatic heterocycles. The van der Waals surface area contributed by atoms with E-state index >= 15 is 0 Å². The lowest BCUT2D eigenvalue weighted by molar-refractivity contribution is 0.277. The lowest BCUT2D eigenvalue weighted by Gasteiger charge is -2.27. The maximum absolute atomic E-state index is 6.18. The number of rotatable bonds is 4. The molecule has 0 bridgehead atoms. The van der Waals surface area contributed by atoms with Crippen LogP contribution in [0.1, 0.15) is 36.0 Å². The van der Waals surface area contributed by atoms with Gasteiger partial charge >= 0.3 is 0 Å². The maximum atomic E-state index is 6.18. The third-order valence-electron chi connectivity index (χ3n) is 4.51. The maximum Gasteiger partial charge on any atom is 0.125 e. The van der Waals surface area contributed by atoms with Gasteiger partial charge in [-0.15, -0.1) is 0 Å². The third-order valence-corrected chi connectivity index (χ3v) is 4.75. The molecule has 1 aliphatic rings. The zero-order valence-corrected chi connectivity index (χ0v) is 15.2. The summed E-state index contributed by atoms with van der Waals surface area (Å²) in [4.78, 5) is 6.65. The highest BCUT2D eigenvalue weighted by Gasteiger charge is 2.24. The van der Waals surface area contributed by atoms with Crippen molar-refractivity contribution in [2.45, 2.75) is 26.2 Å². The predicted molar refractivity (Wildman–Crippen MR) is 101 cm³/mol. The Labute approximate surface area is 148 Å². The van der Waals surface area contributed by atoms with Crippen LogP contribution in [0.25, 0.3) is 0 Å². The van der Waals surface area contributed by atoms with Gasteiger partial charge in [0.25, 0.3) is 0 Å². The van der Waals surface area contributed by atoms with E-state index in [1.54, 1.807) is 0 Å². The molecule has 1 heterocycles. The second-order valence-electron chi connectivity index (χ2n) is 6.24. The van der Waals surface area contributed by atoms with Crippen molar-refractivity contribution in [3.8, 4) is 5.75 Å². The van der Waals surface area contributed by atoms with Crippen molar-refractivity contribution >= 4 is 23.6 Å². The average molecular weight is 343 g/mol. The quantitative estimate of drug-likeness (QED) is 0.565. The summed E-state index contributed by atoms with van der Waals surface area (Å²) in [6.45, 7) is 5.85. The zero-order valence-electron chi connectivity index (χ0n) is 14.4. The van der Waals surface area contributed by atoms with Crippen LogP contribution in [0.3, 0.4) is 0 Å². The molecule has 0 aromatic heterocycles. The van der Waals surface area contributed by atoms with E-state index in [2.05, 4.69) is 48.0 Å². The van der Waals surface area contributed by atoms with Gasteiger partial charge in [-0.25, -0.2) is 4.99 Å². The Morgan fingerprint density at radius 1 is 1.33 bits per heavy atom. The normalized spacial score (nSPS) is 16.8. The number of nitrogens with zero attached hydrogens (tertiary/aromatic N) is 2. The molecule has 3 nitrogen and oxygen atoms in total. The highest BCUT2D eigenvalue weighted by molar-refractivity contribution is 6.30. The molecule has 2 aromatic carbocycles. The average Bonchev–Trinajstić information content (AvgIpc) is 2.59. The molecule has 126 valence electrons. The number of hydrogen-bond donors (Lipinski definition) is 0. The summed E-state index contributed by atoms with van der Waals surface area (Å²) >= 11 is 6.18. The minimum Gasteiger partial charge on any atom is -0.493 e. The second-order valence-corrected chi connectivity index (χ2v) is 6.68. The van der Waals surface area contributed by atoms with Gasteiger partial charge in [0.2, 0.25) is 0 Å². The van der Waals surface area contributed by atoms with Crippen LogP contribution in [0.2, 0.25) is 5.02 Å². The molecule has 4 heteroatoms. The highest BCUT2D eigenvalue weighted by atomic mass is 35.5. The number of benzene rings is 2. The first-order valence-corrected chi connectivity index (χ1v) is 8.73. The molecule has 0 aliphatic carbocycles. The Balaban J connectivity index is 1.97. The Morgan fingerprint density at radius 3 is 2.92 bits per heavy atom. The van der Waals surface area contributed by atoms with Gasteiger partial charge in [-0.1, -0.05) is 23.7 Å². The second kappa shape index (κ2) is 7.27. The van der Waals surface area contributed by atoms with Crippen molar-refractivity contribution in [2.75, 3.05) is 20.2 Å². The standard InChI is InChI=1S/C20H23ClN2O/c1-4-23(3)13-22-19-12-20-18(10-14(19)2)17(8-9-24-20)15-6-5-7-16(21)11-15/h5-7,10-13,17H,4,8-9H2,1-3H3. The van der Waals surface area contributed by atoms with Crippen LogP contribution < -0.4 is 4.74 Å². The number of hydrogen-bond acceptors (Lipinski definition) is 2. The van der Waals surface area contributed by atoms with Crippen LogP contribution in [-0.4, -0.2) is 31.4 Å². The van der Waals surface area contributed by atoms with Crippen molar-refractivity contribution in [2.24, 2.45) is 4.99 Å². The van der Waals surface area contributed by atoms with E-state index in [1.165, 1.54) is 11.1 Å². The molecule has 1 unspecified atom stereocenters. The third kappa shape index (κ3) is 3.57. The van der Waals surface area contributed by atoms with E-state index in [1.807, 2.05) is 25.5 Å². The van der Waals surface area contributed by atoms with Gasteiger partial charge in [0.1, 0.15) is 5.75 Å². The molecule has 1 atom stereocenters. The summed E-state index contributed by atoms with van der Waals surface area (Å²) < 4.78 is 5.91. The van der Waals surface area contributed by atoms with Crippen LogP contribution in [-0.2, 0) is 0 Å². The topological polar surface area (TPSA) is 24.8 Å². The van der Waals surface area contributed by atoms with E-state index in [0.717, 1.165) is 35.0 Å². The Kier molecular flexibility index (Phi) is 5.10. The largest absolute Gasteiger partial charge is 0.493 e. The fourth-order valence-electron chi connectivity index (χ4n) is 2.99. The van der Waals surface area contributed by atoms with Gasteiger partial charge in [-0.3, -0.25) is 0 Å². The van der Waals surface area contributed by atoms with E-state index in [0.29, 0.717) is 12.5 Å². The lowest BCUT2D eigenvalue weighted by Crippen LogP contribution is -2.16. The summed E-state index contributed by atoms with van der Waals surface area (Å²) in [5, 5.41) is 0.779. The molecular formula is C20H23ClN2O. The molecule has 3 rings (SSSR count). The number of fused-ring (bicyclic) bond motifs is 1. The van der Waals surface area contributed by atoms with Crippen molar-refractivity contribution in [1.82, 2.24) is 4.90 Å². The highest BCUT2D eigenvalue weighted by Crippen LogP contribution is 2.41. The number of ether oxygens (including phenoxy) is 1. The minimum atomic E-state index is 0.322. The number of aryl methyl sites for hydroxylation is 1. The molecular weight excluding hydrogens is 320 g/mol. The zero-order chi connectivity index (χ0) is 17.1. The fourth-order valence-corrected chi connectivity index (χ4v) is 3.19. The van der Waals surface area contributed by atoms with Crippen LogP contribution >= 0.6 is 11.6 Å². The van der Waals surface area contributed by atoms with Gasteiger partial charge in [0.15, 0.2) is 0 Å². The molecule has 0 radical (unpaired) electrons. The molecule has 0 fully saturated rings. The van der Waals surface area contributed by atoms with Crippen molar-refractivity contribution in [3.63, 3.8) is 0 Å². The molecule has 0 amide bonds. The van der Waals surface area contributed by atoms with Crippen LogP contribution in [0, 0.1) is 6.92 Å². The molecule has 24 heavy (non-hydrogen) atoms. The van der Waals surface area contributed by atoms with E-state index in [9.17, 15) is 0 Å².